The molecule has 242 valence electrons. The lowest BCUT2D eigenvalue weighted by molar-refractivity contribution is -0.119. The predicted octanol–water partition coefficient (Wildman–Crippen LogP) is 6.14. The highest BCUT2D eigenvalue weighted by Gasteiger charge is 2.22. The lowest BCUT2D eigenvalue weighted by atomic mass is 9.99. The van der Waals surface area contributed by atoms with Crippen LogP contribution in [0.4, 0.5) is 11.5 Å². The number of hydrogen-bond donors (Lipinski definition) is 3. The summed E-state index contributed by atoms with van der Waals surface area (Å²) < 4.78 is 6.89. The number of aromatic nitrogens is 4. The maximum atomic E-state index is 12.9. The number of hydrogen-bond acceptors (Lipinski definition) is 8. The van der Waals surface area contributed by atoms with E-state index in [9.17, 15) is 9.59 Å². The summed E-state index contributed by atoms with van der Waals surface area (Å²) in [7, 11) is 3.26. The number of halogens is 2. The number of amides is 1. The van der Waals surface area contributed by atoms with Gasteiger partial charge in [-0.05, 0) is 56.4 Å². The number of pyridine rings is 2. The van der Waals surface area contributed by atoms with Crippen LogP contribution < -0.4 is 26.7 Å². The highest BCUT2D eigenvalue weighted by atomic mass is 35.5. The topological polar surface area (TPSA) is 137 Å². The van der Waals surface area contributed by atoms with Crippen molar-refractivity contribution in [1.29, 1.82) is 0 Å². The molecule has 0 spiro atoms. The summed E-state index contributed by atoms with van der Waals surface area (Å²) in [5.74, 6) is 1.21. The molecular formula is C35H35Cl2N7O3. The van der Waals surface area contributed by atoms with Crippen molar-refractivity contribution < 1.29 is 9.53 Å². The van der Waals surface area contributed by atoms with E-state index >= 15 is 0 Å². The maximum Gasteiger partial charge on any atom is 0.278 e. The van der Waals surface area contributed by atoms with Crippen molar-refractivity contribution in [3.63, 3.8) is 0 Å². The Bertz CT molecular complexity index is 2060. The normalized spacial score (nSPS) is 15.2. The van der Waals surface area contributed by atoms with E-state index in [2.05, 4.69) is 26.8 Å². The molecule has 4 heterocycles. The fourth-order valence-corrected chi connectivity index (χ4v) is 6.69. The molecule has 5 aromatic rings. The summed E-state index contributed by atoms with van der Waals surface area (Å²) in [4.78, 5) is 32.7. The van der Waals surface area contributed by atoms with Gasteiger partial charge >= 0.3 is 0 Å². The Labute approximate surface area is 282 Å². The Kier molecular flexibility index (Phi) is 9.45. The minimum Gasteiger partial charge on any atom is -0.481 e. The molecule has 1 aliphatic carbocycles. The van der Waals surface area contributed by atoms with Gasteiger partial charge < -0.3 is 21.1 Å². The van der Waals surface area contributed by atoms with Crippen molar-refractivity contribution in [3.8, 4) is 28.3 Å². The largest absolute Gasteiger partial charge is 0.481 e. The monoisotopic (exact) mass is 671 g/mol. The van der Waals surface area contributed by atoms with Crippen molar-refractivity contribution in [2.75, 3.05) is 19.0 Å². The predicted molar refractivity (Wildman–Crippen MR) is 187 cm³/mol. The van der Waals surface area contributed by atoms with Gasteiger partial charge in [-0.3, -0.25) is 9.59 Å². The van der Waals surface area contributed by atoms with Crippen molar-refractivity contribution in [1.82, 2.24) is 25.1 Å². The number of nitrogens with two attached hydrogens (primary N) is 1. The molecule has 1 saturated heterocycles. The Morgan fingerprint density at radius 1 is 1.02 bits per heavy atom. The van der Waals surface area contributed by atoms with E-state index < -0.39 is 0 Å². The summed E-state index contributed by atoms with van der Waals surface area (Å²) in [6.07, 6.45) is 6.29. The molecule has 12 heteroatoms. The van der Waals surface area contributed by atoms with Crippen LogP contribution in [0.5, 0.6) is 5.88 Å². The van der Waals surface area contributed by atoms with Crippen LogP contribution >= 0.6 is 23.2 Å². The van der Waals surface area contributed by atoms with Gasteiger partial charge in [-0.1, -0.05) is 53.5 Å². The number of anilines is 2. The van der Waals surface area contributed by atoms with Crippen molar-refractivity contribution in [2.45, 2.75) is 45.1 Å². The standard InChI is InChI=1S/C30H25Cl2N5O2.C5H10N2O/c1-16-13-18-15-33-37(2)30(38)25(18)28(34-16)35-23-12-6-10-21(27(23)32)20-9-5-11-22(26(20)31)24-14-17-7-4-8-19(17)29(36-24)39-3;6-3-4-1-2-5(8)7-4/h5-6,9-15H,4,7-8H2,1-3H3,(H,34,35);4H,1-3,6H2,(H,7,8). The lowest BCUT2D eigenvalue weighted by Gasteiger charge is -2.16. The second-order valence-electron chi connectivity index (χ2n) is 11.7. The fourth-order valence-electron chi connectivity index (χ4n) is 6.09. The highest BCUT2D eigenvalue weighted by molar-refractivity contribution is 6.39. The van der Waals surface area contributed by atoms with Crippen molar-refractivity contribution in [3.05, 3.63) is 91.9 Å². The van der Waals surface area contributed by atoms with Gasteiger partial charge in [0.05, 0.1) is 40.1 Å². The van der Waals surface area contributed by atoms with E-state index in [0.29, 0.717) is 51.2 Å². The third kappa shape index (κ3) is 6.54. The SMILES string of the molecule is COc1nc(-c2cccc(-c3cccc(Nc4nc(C)cc5cnn(C)c(=O)c45)c3Cl)c2Cl)cc2c1CCC2.NCC1CCC(=O)N1. The first-order valence-corrected chi connectivity index (χ1v) is 16.2. The van der Waals surface area contributed by atoms with E-state index in [1.165, 1.54) is 15.8 Å². The third-order valence-corrected chi connectivity index (χ3v) is 9.30. The zero-order chi connectivity index (χ0) is 33.2. The number of carbonyl (C=O) groups excluding carboxylic acids is 1. The number of nitrogens with one attached hydrogen (secondary N) is 2. The fraction of sp³-hybridized carbons (Fsp3) is 0.286. The Hall–Kier alpha value is -4.51. The number of nitrogens with zero attached hydrogens (tertiary/aromatic N) is 4. The van der Waals surface area contributed by atoms with Crippen LogP contribution in [0, 0.1) is 6.92 Å². The van der Waals surface area contributed by atoms with E-state index in [0.717, 1.165) is 53.8 Å². The van der Waals surface area contributed by atoms with Crippen LogP contribution in [0.2, 0.25) is 10.0 Å². The van der Waals surface area contributed by atoms with E-state index in [-0.39, 0.29) is 17.5 Å². The van der Waals surface area contributed by atoms with Gasteiger partial charge in [0.15, 0.2) is 0 Å². The van der Waals surface area contributed by atoms with Crippen LogP contribution in [-0.4, -0.2) is 45.4 Å². The van der Waals surface area contributed by atoms with Gasteiger partial charge in [0, 0.05) is 59.4 Å². The molecule has 2 aliphatic rings. The van der Waals surface area contributed by atoms with Gasteiger partial charge in [0.2, 0.25) is 11.8 Å². The van der Waals surface area contributed by atoms with Gasteiger partial charge in [-0.2, -0.15) is 5.10 Å². The molecule has 1 atom stereocenters. The molecule has 10 nitrogen and oxygen atoms in total. The Balaban J connectivity index is 0.000000424. The van der Waals surface area contributed by atoms with Gasteiger partial charge in [0.25, 0.3) is 5.56 Å². The maximum absolute atomic E-state index is 12.9. The van der Waals surface area contributed by atoms with Crippen LogP contribution in [0.25, 0.3) is 33.2 Å². The highest BCUT2D eigenvalue weighted by Crippen LogP contribution is 2.43. The molecule has 3 aromatic heterocycles. The zero-order valence-electron chi connectivity index (χ0n) is 26.4. The van der Waals surface area contributed by atoms with Gasteiger partial charge in [-0.25, -0.2) is 14.6 Å². The number of carbonyl (C=O) groups is 1. The first-order valence-electron chi connectivity index (χ1n) is 15.4. The molecule has 7 rings (SSSR count). The molecule has 1 amide bonds. The summed E-state index contributed by atoms with van der Waals surface area (Å²) >= 11 is 14.0. The van der Waals surface area contributed by atoms with Crippen molar-refractivity contribution >= 4 is 51.4 Å². The average molecular weight is 673 g/mol. The average Bonchev–Trinajstić information content (AvgIpc) is 3.72. The number of ether oxygens (including phenoxy) is 1. The molecular weight excluding hydrogens is 637 g/mol. The molecule has 47 heavy (non-hydrogen) atoms. The first kappa shape index (κ1) is 32.4. The Morgan fingerprint density at radius 2 is 1.77 bits per heavy atom. The second kappa shape index (κ2) is 13.7. The third-order valence-electron chi connectivity index (χ3n) is 8.49. The quantitative estimate of drug-likeness (QED) is 0.196. The lowest BCUT2D eigenvalue weighted by Crippen LogP contribution is -2.32. The number of rotatable bonds is 6. The van der Waals surface area contributed by atoms with Crippen LogP contribution in [0.15, 0.2) is 59.5 Å². The zero-order valence-corrected chi connectivity index (χ0v) is 27.9. The number of aryl methyl sites for hydroxylation is 3. The molecule has 4 N–H and O–H groups in total. The summed E-state index contributed by atoms with van der Waals surface area (Å²) in [6, 6.07) is 15.7. The number of fused-ring (bicyclic) bond motifs is 2. The van der Waals surface area contributed by atoms with Gasteiger partial charge in [-0.15, -0.1) is 0 Å². The van der Waals surface area contributed by atoms with Crippen LogP contribution in [0.1, 0.15) is 36.1 Å². The molecule has 1 unspecified atom stereocenters. The summed E-state index contributed by atoms with van der Waals surface area (Å²) in [5, 5.41) is 12.3. The smallest absolute Gasteiger partial charge is 0.278 e. The summed E-state index contributed by atoms with van der Waals surface area (Å²) in [5.41, 5.74) is 11.9. The van der Waals surface area contributed by atoms with E-state index in [1.54, 1.807) is 20.4 Å². The van der Waals surface area contributed by atoms with Crippen LogP contribution in [-0.2, 0) is 24.7 Å². The molecule has 1 aliphatic heterocycles. The molecule has 0 saturated carbocycles. The minimum atomic E-state index is -0.247. The van der Waals surface area contributed by atoms with E-state index in [1.807, 2.05) is 49.4 Å². The van der Waals surface area contributed by atoms with Crippen LogP contribution in [0.3, 0.4) is 0 Å². The number of methoxy groups -OCH3 is 1. The first-order chi connectivity index (χ1) is 22.7. The minimum absolute atomic E-state index is 0.139. The molecule has 0 bridgehead atoms. The van der Waals surface area contributed by atoms with Gasteiger partial charge in [0.1, 0.15) is 5.82 Å². The van der Waals surface area contributed by atoms with E-state index in [4.69, 9.17) is 38.7 Å². The molecule has 2 aromatic carbocycles. The van der Waals surface area contributed by atoms with Crippen molar-refractivity contribution in [2.24, 2.45) is 12.8 Å². The molecule has 1 fully saturated rings. The molecule has 0 radical (unpaired) electrons. The number of benzene rings is 2. The summed E-state index contributed by atoms with van der Waals surface area (Å²) in [6.45, 7) is 2.44. The Morgan fingerprint density at radius 3 is 2.47 bits per heavy atom. The second-order valence-corrected chi connectivity index (χ2v) is 12.4.